The molecular weight excluding hydrogens is 337 g/mol. The van der Waals surface area contributed by atoms with Crippen LogP contribution in [0, 0.1) is 5.82 Å². The zero-order valence-electron chi connectivity index (χ0n) is 13.8. The van der Waals surface area contributed by atoms with Crippen LogP contribution in [0.3, 0.4) is 0 Å². The van der Waals surface area contributed by atoms with E-state index in [-0.39, 0.29) is 17.6 Å². The highest BCUT2D eigenvalue weighted by molar-refractivity contribution is 6.06. The molecule has 1 atom stereocenters. The summed E-state index contributed by atoms with van der Waals surface area (Å²) in [6.07, 6.45) is 3.09. The van der Waals surface area contributed by atoms with Crippen LogP contribution < -0.4 is 5.56 Å². The lowest BCUT2D eigenvalue weighted by Crippen LogP contribution is -2.42. The molecule has 26 heavy (non-hydrogen) atoms. The van der Waals surface area contributed by atoms with E-state index < -0.39 is 11.4 Å². The monoisotopic (exact) mass is 353 g/mol. The topological polar surface area (TPSA) is 75.3 Å². The number of amides is 1. The number of ether oxygens (including phenoxy) is 1. The molecule has 1 saturated heterocycles. The molecule has 1 aliphatic heterocycles. The van der Waals surface area contributed by atoms with Gasteiger partial charge in [0.15, 0.2) is 0 Å². The lowest BCUT2D eigenvalue weighted by molar-refractivity contribution is -0.0229. The Labute approximate surface area is 148 Å². The van der Waals surface area contributed by atoms with Gasteiger partial charge in [-0.2, -0.15) is 0 Å². The number of rotatable bonds is 2. The number of nitrogens with zero attached hydrogens (tertiary/aromatic N) is 2. The average Bonchev–Trinajstić information content (AvgIpc) is 2.68. The lowest BCUT2D eigenvalue weighted by atomic mass is 10.1. The number of aromatic nitrogens is 2. The molecule has 3 heterocycles. The smallest absolute Gasteiger partial charge is 0.254 e. The molecule has 1 N–H and O–H groups in total. The van der Waals surface area contributed by atoms with Crippen LogP contribution in [0.25, 0.3) is 10.9 Å². The summed E-state index contributed by atoms with van der Waals surface area (Å²) in [7, 11) is 0. The highest BCUT2D eigenvalue weighted by atomic mass is 19.1. The maximum absolute atomic E-state index is 13.7. The van der Waals surface area contributed by atoms with E-state index in [0.717, 1.165) is 5.56 Å². The van der Waals surface area contributed by atoms with Gasteiger partial charge in [0.05, 0.1) is 18.7 Å². The molecule has 1 amide bonds. The number of hydrogen-bond acceptors (Lipinski definition) is 4. The first-order chi connectivity index (χ1) is 12.6. The molecule has 6 nitrogen and oxygen atoms in total. The summed E-state index contributed by atoms with van der Waals surface area (Å²) in [5, 5.41) is 0.388. The number of fused-ring (bicyclic) bond motifs is 1. The fourth-order valence-electron chi connectivity index (χ4n) is 3.18. The van der Waals surface area contributed by atoms with Crippen LogP contribution >= 0.6 is 0 Å². The van der Waals surface area contributed by atoms with Crippen molar-refractivity contribution in [2.24, 2.45) is 0 Å². The summed E-state index contributed by atoms with van der Waals surface area (Å²) in [5.41, 5.74) is 1.10. The molecule has 1 aromatic carbocycles. The van der Waals surface area contributed by atoms with E-state index >= 15 is 0 Å². The number of carbonyl (C=O) groups excluding carboxylic acids is 1. The van der Waals surface area contributed by atoms with Crippen LogP contribution in [0.5, 0.6) is 0 Å². The van der Waals surface area contributed by atoms with E-state index in [1.54, 1.807) is 17.3 Å². The highest BCUT2D eigenvalue weighted by Crippen LogP contribution is 2.24. The number of pyridine rings is 2. The van der Waals surface area contributed by atoms with Crippen LogP contribution in [0.4, 0.5) is 4.39 Å². The standard InChI is InChI=1S/C19H16FN3O3/c20-13-3-4-16-14(8-13)15(9-18(24)22-16)19(25)23-6-7-26-17(11-23)12-2-1-5-21-10-12/h1-5,8-10,17H,6-7,11H2,(H,22,24)/t17-/m0/s1. The molecule has 3 aromatic rings. The third kappa shape index (κ3) is 3.09. The Bertz CT molecular complexity index is 1020. The second-order valence-corrected chi connectivity index (χ2v) is 6.13. The number of aromatic amines is 1. The fourth-order valence-corrected chi connectivity index (χ4v) is 3.18. The summed E-state index contributed by atoms with van der Waals surface area (Å²) in [4.78, 5) is 33.3. The van der Waals surface area contributed by atoms with Crippen LogP contribution in [0.15, 0.2) is 53.6 Å². The van der Waals surface area contributed by atoms with Gasteiger partial charge < -0.3 is 14.6 Å². The van der Waals surface area contributed by atoms with Crippen molar-refractivity contribution in [2.75, 3.05) is 19.7 Å². The van der Waals surface area contributed by atoms with E-state index in [1.807, 2.05) is 12.1 Å². The largest absolute Gasteiger partial charge is 0.370 e. The molecule has 4 rings (SSSR count). The van der Waals surface area contributed by atoms with Gasteiger partial charge in [0.1, 0.15) is 11.9 Å². The zero-order valence-corrected chi connectivity index (χ0v) is 13.8. The van der Waals surface area contributed by atoms with Crippen molar-refractivity contribution >= 4 is 16.8 Å². The van der Waals surface area contributed by atoms with Crippen molar-refractivity contribution in [3.8, 4) is 0 Å². The lowest BCUT2D eigenvalue weighted by Gasteiger charge is -2.33. The minimum absolute atomic E-state index is 0.190. The average molecular weight is 353 g/mol. The second kappa shape index (κ2) is 6.68. The number of carbonyl (C=O) groups is 1. The van der Waals surface area contributed by atoms with Gasteiger partial charge in [0.25, 0.3) is 5.91 Å². The molecule has 0 aliphatic carbocycles. The van der Waals surface area contributed by atoms with Gasteiger partial charge in [0.2, 0.25) is 5.56 Å². The Balaban J connectivity index is 1.68. The third-order valence-electron chi connectivity index (χ3n) is 4.45. The molecule has 132 valence electrons. The van der Waals surface area contributed by atoms with Gasteiger partial charge in [-0.1, -0.05) is 6.07 Å². The molecule has 0 bridgehead atoms. The maximum Gasteiger partial charge on any atom is 0.254 e. The van der Waals surface area contributed by atoms with Gasteiger partial charge >= 0.3 is 0 Å². The van der Waals surface area contributed by atoms with Crippen molar-refractivity contribution < 1.29 is 13.9 Å². The second-order valence-electron chi connectivity index (χ2n) is 6.13. The number of halogens is 1. The zero-order chi connectivity index (χ0) is 18.1. The Hall–Kier alpha value is -3.06. The molecule has 0 unspecified atom stereocenters. The van der Waals surface area contributed by atoms with Crippen molar-refractivity contribution in [2.45, 2.75) is 6.10 Å². The number of benzene rings is 1. The number of nitrogens with one attached hydrogen (secondary N) is 1. The molecule has 0 radical (unpaired) electrons. The quantitative estimate of drug-likeness (QED) is 0.767. The molecule has 2 aromatic heterocycles. The van der Waals surface area contributed by atoms with Crippen molar-refractivity contribution in [1.29, 1.82) is 0 Å². The van der Waals surface area contributed by atoms with E-state index in [2.05, 4.69) is 9.97 Å². The Kier molecular flexibility index (Phi) is 4.22. The summed E-state index contributed by atoms with van der Waals surface area (Å²) in [5.74, 6) is -0.780. The highest BCUT2D eigenvalue weighted by Gasteiger charge is 2.27. The van der Waals surface area contributed by atoms with Gasteiger partial charge in [-0.25, -0.2) is 4.39 Å². The van der Waals surface area contributed by atoms with Crippen LogP contribution in [0.2, 0.25) is 0 Å². The molecule has 0 spiro atoms. The third-order valence-corrected chi connectivity index (χ3v) is 4.45. The molecular formula is C19H16FN3O3. The minimum atomic E-state index is -0.464. The summed E-state index contributed by atoms with van der Waals surface area (Å²) >= 11 is 0. The molecule has 1 aliphatic rings. The molecule has 0 saturated carbocycles. The van der Waals surface area contributed by atoms with Crippen molar-refractivity contribution in [3.63, 3.8) is 0 Å². The Morgan fingerprint density at radius 1 is 1.31 bits per heavy atom. The Morgan fingerprint density at radius 3 is 3.00 bits per heavy atom. The van der Waals surface area contributed by atoms with E-state index in [4.69, 9.17) is 4.74 Å². The van der Waals surface area contributed by atoms with E-state index in [0.29, 0.717) is 30.6 Å². The van der Waals surface area contributed by atoms with Gasteiger partial charge in [-0.3, -0.25) is 14.6 Å². The number of H-pyrrole nitrogens is 1. The van der Waals surface area contributed by atoms with Gasteiger partial charge in [-0.05, 0) is 24.3 Å². The minimum Gasteiger partial charge on any atom is -0.370 e. The van der Waals surface area contributed by atoms with Crippen LogP contribution in [0.1, 0.15) is 22.0 Å². The first kappa shape index (κ1) is 16.4. The fraction of sp³-hybridized carbons (Fsp3) is 0.211. The van der Waals surface area contributed by atoms with Gasteiger partial charge in [0, 0.05) is 41.5 Å². The van der Waals surface area contributed by atoms with Crippen molar-refractivity contribution in [3.05, 3.63) is 76.1 Å². The normalized spacial score (nSPS) is 17.4. The molecule has 1 fully saturated rings. The van der Waals surface area contributed by atoms with Crippen LogP contribution in [-0.4, -0.2) is 40.5 Å². The molecule has 7 heteroatoms. The summed E-state index contributed by atoms with van der Waals surface area (Å²) in [6, 6.07) is 8.90. The number of morpholine rings is 1. The van der Waals surface area contributed by atoms with Crippen molar-refractivity contribution in [1.82, 2.24) is 14.9 Å². The SMILES string of the molecule is O=C(c1cc(=O)[nH]c2ccc(F)cc12)N1CCO[C@H](c2cccnc2)C1. The summed E-state index contributed by atoms with van der Waals surface area (Å²) < 4.78 is 19.4. The number of hydrogen-bond donors (Lipinski definition) is 1. The maximum atomic E-state index is 13.7. The predicted molar refractivity (Wildman–Crippen MR) is 93.4 cm³/mol. The van der Waals surface area contributed by atoms with Gasteiger partial charge in [-0.15, -0.1) is 0 Å². The van der Waals surface area contributed by atoms with E-state index in [1.165, 1.54) is 24.3 Å². The van der Waals surface area contributed by atoms with Crippen LogP contribution in [-0.2, 0) is 4.74 Å². The van der Waals surface area contributed by atoms with E-state index in [9.17, 15) is 14.0 Å². The predicted octanol–water partition coefficient (Wildman–Crippen LogP) is 2.28. The summed E-state index contributed by atoms with van der Waals surface area (Å²) in [6.45, 7) is 1.12. The first-order valence-electron chi connectivity index (χ1n) is 8.25. The first-order valence-corrected chi connectivity index (χ1v) is 8.25. The Morgan fingerprint density at radius 2 is 2.19 bits per heavy atom.